The minimum atomic E-state index is -0.218. The predicted molar refractivity (Wildman–Crippen MR) is 90.0 cm³/mol. The van der Waals surface area contributed by atoms with Crippen LogP contribution in [0.15, 0.2) is 35.3 Å². The third-order valence-electron chi connectivity index (χ3n) is 3.49. The Hall–Kier alpha value is -2.04. The molecular formula is C17H26N4O. The molecular weight excluding hydrogens is 276 g/mol. The lowest BCUT2D eigenvalue weighted by Gasteiger charge is -2.21. The normalized spacial score (nSPS) is 21.2. The molecule has 3 N–H and O–H groups in total. The van der Waals surface area contributed by atoms with E-state index in [0.29, 0.717) is 17.9 Å². The molecule has 1 aromatic rings. The Balaban J connectivity index is 1.76. The first-order valence-corrected chi connectivity index (χ1v) is 7.72. The molecule has 0 saturated heterocycles. The quantitative estimate of drug-likeness (QED) is 0.585. The summed E-state index contributed by atoms with van der Waals surface area (Å²) in [7, 11) is 1.72. The number of nitrogens with zero attached hydrogens (tertiary/aromatic N) is 1. The third-order valence-corrected chi connectivity index (χ3v) is 3.49. The molecule has 1 fully saturated rings. The van der Waals surface area contributed by atoms with Crippen molar-refractivity contribution in [3.8, 4) is 0 Å². The van der Waals surface area contributed by atoms with Gasteiger partial charge in [-0.2, -0.15) is 0 Å². The van der Waals surface area contributed by atoms with Gasteiger partial charge in [-0.1, -0.05) is 30.3 Å². The highest BCUT2D eigenvalue weighted by Crippen LogP contribution is 2.40. The average molecular weight is 302 g/mol. The van der Waals surface area contributed by atoms with Gasteiger partial charge < -0.3 is 16.0 Å². The number of guanidine groups is 1. The lowest BCUT2D eigenvalue weighted by molar-refractivity contribution is -0.121. The van der Waals surface area contributed by atoms with Gasteiger partial charge in [0.15, 0.2) is 5.96 Å². The zero-order chi connectivity index (χ0) is 16.2. The van der Waals surface area contributed by atoms with Crippen molar-refractivity contribution in [1.29, 1.82) is 0 Å². The Bertz CT molecular complexity index is 533. The van der Waals surface area contributed by atoms with E-state index in [2.05, 4.69) is 45.2 Å². The minimum Gasteiger partial charge on any atom is -0.353 e. The summed E-state index contributed by atoms with van der Waals surface area (Å²) in [5.74, 6) is 1.17. The fraction of sp³-hybridized carbons (Fsp3) is 0.529. The van der Waals surface area contributed by atoms with Crippen molar-refractivity contribution in [1.82, 2.24) is 16.0 Å². The summed E-state index contributed by atoms with van der Waals surface area (Å²) in [5, 5.41) is 9.35. The molecule has 0 radical (unpaired) electrons. The molecule has 2 rings (SSSR count). The summed E-state index contributed by atoms with van der Waals surface area (Å²) < 4.78 is 0. The molecule has 0 bridgehead atoms. The molecule has 1 aliphatic rings. The monoisotopic (exact) mass is 302 g/mol. The maximum absolute atomic E-state index is 11.8. The van der Waals surface area contributed by atoms with E-state index < -0.39 is 0 Å². The number of carbonyl (C=O) groups is 1. The molecule has 2 atom stereocenters. The zero-order valence-electron chi connectivity index (χ0n) is 13.8. The van der Waals surface area contributed by atoms with Crippen molar-refractivity contribution in [2.45, 2.75) is 44.7 Å². The van der Waals surface area contributed by atoms with Crippen LogP contribution in [0.4, 0.5) is 0 Å². The fourth-order valence-electron chi connectivity index (χ4n) is 2.42. The first kappa shape index (κ1) is 16.3. The molecule has 0 heterocycles. The highest BCUT2D eigenvalue weighted by molar-refractivity contribution is 5.87. The Morgan fingerprint density at radius 3 is 2.55 bits per heavy atom. The smallest absolute Gasteiger partial charge is 0.239 e. The van der Waals surface area contributed by atoms with E-state index in [1.165, 1.54) is 5.56 Å². The second kappa shape index (κ2) is 6.81. The van der Waals surface area contributed by atoms with E-state index >= 15 is 0 Å². The number of benzene rings is 1. The Morgan fingerprint density at radius 1 is 1.27 bits per heavy atom. The molecule has 120 valence electrons. The van der Waals surface area contributed by atoms with Gasteiger partial charge in [0.25, 0.3) is 0 Å². The molecule has 1 amide bonds. The largest absolute Gasteiger partial charge is 0.353 e. The van der Waals surface area contributed by atoms with Crippen LogP contribution in [-0.4, -0.2) is 37.0 Å². The van der Waals surface area contributed by atoms with Crippen LogP contribution in [0.5, 0.6) is 0 Å². The fourth-order valence-corrected chi connectivity index (χ4v) is 2.42. The van der Waals surface area contributed by atoms with Crippen LogP contribution < -0.4 is 16.0 Å². The topological polar surface area (TPSA) is 65.5 Å². The summed E-state index contributed by atoms with van der Waals surface area (Å²) in [5.41, 5.74) is 1.13. The van der Waals surface area contributed by atoms with E-state index in [4.69, 9.17) is 0 Å². The average Bonchev–Trinajstić information content (AvgIpc) is 3.22. The van der Waals surface area contributed by atoms with E-state index in [1.54, 1.807) is 7.05 Å². The Kier molecular flexibility index (Phi) is 5.06. The van der Waals surface area contributed by atoms with Crippen molar-refractivity contribution in [2.24, 2.45) is 4.99 Å². The molecule has 0 aromatic heterocycles. The van der Waals surface area contributed by atoms with Gasteiger partial charge in [-0.15, -0.1) is 0 Å². The maximum Gasteiger partial charge on any atom is 0.239 e. The summed E-state index contributed by atoms with van der Waals surface area (Å²) in [6, 6.07) is 10.9. The summed E-state index contributed by atoms with van der Waals surface area (Å²) in [6.45, 7) is 6.12. The van der Waals surface area contributed by atoms with Gasteiger partial charge in [0.2, 0.25) is 5.91 Å². The number of hydrogen-bond acceptors (Lipinski definition) is 2. The molecule has 2 unspecified atom stereocenters. The van der Waals surface area contributed by atoms with Gasteiger partial charge in [-0.05, 0) is 32.8 Å². The van der Waals surface area contributed by atoms with Crippen LogP contribution in [0.1, 0.15) is 38.7 Å². The van der Waals surface area contributed by atoms with Crippen molar-refractivity contribution >= 4 is 11.9 Å². The molecule has 22 heavy (non-hydrogen) atoms. The van der Waals surface area contributed by atoms with Gasteiger partial charge in [0.1, 0.15) is 0 Å². The van der Waals surface area contributed by atoms with Gasteiger partial charge >= 0.3 is 0 Å². The second-order valence-corrected chi connectivity index (χ2v) is 6.73. The minimum absolute atomic E-state index is 0.0362. The maximum atomic E-state index is 11.8. The van der Waals surface area contributed by atoms with Crippen molar-refractivity contribution in [3.05, 3.63) is 35.9 Å². The predicted octanol–water partition coefficient (Wildman–Crippen LogP) is 1.62. The van der Waals surface area contributed by atoms with Crippen LogP contribution >= 0.6 is 0 Å². The molecule has 1 saturated carbocycles. The second-order valence-electron chi connectivity index (χ2n) is 6.73. The highest BCUT2D eigenvalue weighted by Gasteiger charge is 2.38. The first-order chi connectivity index (χ1) is 10.4. The van der Waals surface area contributed by atoms with Crippen LogP contribution in [0.3, 0.4) is 0 Å². The summed E-state index contributed by atoms with van der Waals surface area (Å²) in [4.78, 5) is 16.0. The van der Waals surface area contributed by atoms with Crippen molar-refractivity contribution < 1.29 is 4.79 Å². The van der Waals surface area contributed by atoms with Crippen LogP contribution in [0, 0.1) is 0 Å². The number of carbonyl (C=O) groups excluding carboxylic acids is 1. The van der Waals surface area contributed by atoms with Crippen molar-refractivity contribution in [2.75, 3.05) is 13.6 Å². The summed E-state index contributed by atoms with van der Waals surface area (Å²) in [6.07, 6.45) is 1.10. The molecule has 5 heteroatoms. The van der Waals surface area contributed by atoms with Gasteiger partial charge in [-0.25, -0.2) is 0 Å². The summed E-state index contributed by atoms with van der Waals surface area (Å²) >= 11 is 0. The number of hydrogen-bond donors (Lipinski definition) is 3. The van der Waals surface area contributed by atoms with Crippen LogP contribution in [0.25, 0.3) is 0 Å². The lowest BCUT2D eigenvalue weighted by Crippen LogP contribution is -2.48. The first-order valence-electron chi connectivity index (χ1n) is 7.72. The van der Waals surface area contributed by atoms with Gasteiger partial charge in [0.05, 0.1) is 6.54 Å². The SMILES string of the molecule is CN=C(NCC(=O)NC(C)(C)C)NC1CC1c1ccccc1. The Labute approximate surface area is 132 Å². The number of aliphatic imine (C=N–C) groups is 1. The number of nitrogens with one attached hydrogen (secondary N) is 3. The van der Waals surface area contributed by atoms with Crippen molar-refractivity contribution in [3.63, 3.8) is 0 Å². The number of amides is 1. The van der Waals surface area contributed by atoms with E-state index in [-0.39, 0.29) is 18.0 Å². The molecule has 0 spiro atoms. The van der Waals surface area contributed by atoms with E-state index in [1.807, 2.05) is 26.8 Å². The van der Waals surface area contributed by atoms with E-state index in [0.717, 1.165) is 6.42 Å². The molecule has 1 aromatic carbocycles. The van der Waals surface area contributed by atoms with Crippen LogP contribution in [-0.2, 0) is 4.79 Å². The third kappa shape index (κ3) is 5.06. The zero-order valence-corrected chi connectivity index (χ0v) is 13.8. The standard InChI is InChI=1S/C17H26N4O/c1-17(2,3)21-15(22)11-19-16(18-4)20-14-10-13(14)12-8-6-5-7-9-12/h5-9,13-14H,10-11H2,1-4H3,(H,21,22)(H2,18,19,20). The molecule has 1 aliphatic carbocycles. The highest BCUT2D eigenvalue weighted by atomic mass is 16.2. The number of rotatable bonds is 4. The lowest BCUT2D eigenvalue weighted by atomic mass is 10.1. The van der Waals surface area contributed by atoms with Gasteiger partial charge in [-0.3, -0.25) is 9.79 Å². The van der Waals surface area contributed by atoms with E-state index in [9.17, 15) is 4.79 Å². The Morgan fingerprint density at radius 2 is 1.95 bits per heavy atom. The molecule has 5 nitrogen and oxygen atoms in total. The molecule has 0 aliphatic heterocycles. The van der Waals surface area contributed by atoms with Gasteiger partial charge in [0, 0.05) is 24.5 Å². The van der Waals surface area contributed by atoms with Crippen LogP contribution in [0.2, 0.25) is 0 Å².